The maximum absolute atomic E-state index is 3.83. The monoisotopic (exact) mass is 436 g/mol. The summed E-state index contributed by atoms with van der Waals surface area (Å²) in [5.74, 6) is 0.601. The molecule has 1 aliphatic rings. The zero-order chi connectivity index (χ0) is 19.2. The van der Waals surface area contributed by atoms with Crippen molar-refractivity contribution < 1.29 is 0 Å². The molecular weight excluding hydrogens is 399 g/mol. The minimum atomic E-state index is 0. The van der Waals surface area contributed by atoms with Crippen molar-refractivity contribution in [1.29, 1.82) is 0 Å². The van der Waals surface area contributed by atoms with E-state index in [9.17, 15) is 0 Å². The summed E-state index contributed by atoms with van der Waals surface area (Å²) in [5.41, 5.74) is 6.96. The van der Waals surface area contributed by atoms with Crippen LogP contribution in [-0.2, 0) is 13.1 Å². The van der Waals surface area contributed by atoms with E-state index in [1.807, 2.05) is 0 Å². The van der Waals surface area contributed by atoms with Crippen molar-refractivity contribution in [3.63, 3.8) is 0 Å². The molecular formula is C25H38Cl2N2. The molecule has 0 heterocycles. The minimum Gasteiger partial charge on any atom is -0.308 e. The molecule has 2 aromatic rings. The average molecular weight is 437 g/mol. The number of hydrogen-bond donors (Lipinski definition) is 2. The molecule has 0 saturated heterocycles. The average Bonchev–Trinajstić information content (AvgIpc) is 2.68. The summed E-state index contributed by atoms with van der Waals surface area (Å²) >= 11 is 0. The zero-order valence-corrected chi connectivity index (χ0v) is 20.0. The predicted molar refractivity (Wildman–Crippen MR) is 131 cm³/mol. The predicted octanol–water partition coefficient (Wildman–Crippen LogP) is 6.46. The Morgan fingerprint density at radius 2 is 1.28 bits per heavy atom. The molecule has 1 saturated carbocycles. The summed E-state index contributed by atoms with van der Waals surface area (Å²) in [4.78, 5) is 0. The van der Waals surface area contributed by atoms with Crippen LogP contribution in [0.3, 0.4) is 0 Å². The molecule has 1 fully saturated rings. The molecule has 3 rings (SSSR count). The van der Waals surface area contributed by atoms with Gasteiger partial charge in [-0.1, -0.05) is 69.2 Å². The van der Waals surface area contributed by atoms with Gasteiger partial charge >= 0.3 is 0 Å². The number of halogens is 2. The van der Waals surface area contributed by atoms with Crippen LogP contribution in [0.25, 0.3) is 0 Å². The van der Waals surface area contributed by atoms with E-state index in [1.54, 1.807) is 0 Å². The van der Waals surface area contributed by atoms with Crippen LogP contribution in [0.4, 0.5) is 0 Å². The lowest BCUT2D eigenvalue weighted by molar-refractivity contribution is 0.281. The third kappa shape index (κ3) is 7.61. The van der Waals surface area contributed by atoms with E-state index >= 15 is 0 Å². The third-order valence-electron chi connectivity index (χ3n) is 6.12. The van der Waals surface area contributed by atoms with E-state index in [2.05, 4.69) is 80.8 Å². The van der Waals surface area contributed by atoms with Crippen LogP contribution in [-0.4, -0.2) is 12.1 Å². The summed E-state index contributed by atoms with van der Waals surface area (Å²) in [6, 6.07) is 17.1. The Hall–Kier alpha value is -1.06. The van der Waals surface area contributed by atoms with Gasteiger partial charge in [0.1, 0.15) is 0 Å². The summed E-state index contributed by atoms with van der Waals surface area (Å²) in [6.07, 6.45) is 5.22. The van der Waals surface area contributed by atoms with E-state index in [4.69, 9.17) is 0 Å². The van der Waals surface area contributed by atoms with Crippen LogP contribution in [0.1, 0.15) is 73.3 Å². The highest BCUT2D eigenvalue weighted by atomic mass is 35.5. The molecule has 1 aliphatic carbocycles. The second-order valence-corrected chi connectivity index (χ2v) is 8.57. The molecule has 2 unspecified atom stereocenters. The maximum Gasteiger partial charge on any atom is 0.0224 e. The van der Waals surface area contributed by atoms with Gasteiger partial charge in [0.05, 0.1) is 0 Å². The van der Waals surface area contributed by atoms with E-state index in [1.165, 1.54) is 53.5 Å². The fourth-order valence-electron chi connectivity index (χ4n) is 4.05. The van der Waals surface area contributed by atoms with E-state index in [-0.39, 0.29) is 24.8 Å². The van der Waals surface area contributed by atoms with Gasteiger partial charge in [0.15, 0.2) is 0 Å². The third-order valence-corrected chi connectivity index (χ3v) is 6.12. The van der Waals surface area contributed by atoms with Gasteiger partial charge in [0, 0.05) is 25.2 Å². The van der Waals surface area contributed by atoms with E-state index < -0.39 is 0 Å². The first-order valence-electron chi connectivity index (χ1n) is 10.6. The molecule has 0 spiro atoms. The highest BCUT2D eigenvalue weighted by Crippen LogP contribution is 2.21. The minimum absolute atomic E-state index is 0. The number of nitrogens with one attached hydrogen (secondary N) is 2. The number of aryl methyl sites for hydroxylation is 2. The van der Waals surface area contributed by atoms with Crippen LogP contribution in [0.2, 0.25) is 0 Å². The van der Waals surface area contributed by atoms with Gasteiger partial charge < -0.3 is 10.6 Å². The highest BCUT2D eigenvalue weighted by Gasteiger charge is 2.24. The van der Waals surface area contributed by atoms with Crippen LogP contribution in [0.5, 0.6) is 0 Å². The van der Waals surface area contributed by atoms with Crippen molar-refractivity contribution in [1.82, 2.24) is 10.6 Å². The van der Waals surface area contributed by atoms with Gasteiger partial charge in [-0.3, -0.25) is 0 Å². The Morgan fingerprint density at radius 1 is 0.759 bits per heavy atom. The standard InChI is InChI=1S/C25H36N2.2ClH/c1-18(2)23-13-11-21(12-14-23)16-26-24-7-5-6-8-25(24)27-17-22-10-9-19(3)20(4)15-22;;/h9-15,18,24-27H,5-8,16-17H2,1-4H3;2*1H. The summed E-state index contributed by atoms with van der Waals surface area (Å²) in [6.45, 7) is 10.8. The molecule has 2 aromatic carbocycles. The molecule has 0 radical (unpaired) electrons. The van der Waals surface area contributed by atoms with Crippen LogP contribution in [0, 0.1) is 13.8 Å². The second-order valence-electron chi connectivity index (χ2n) is 8.57. The molecule has 0 aliphatic heterocycles. The molecule has 29 heavy (non-hydrogen) atoms. The molecule has 2 atom stereocenters. The smallest absolute Gasteiger partial charge is 0.0224 e. The van der Waals surface area contributed by atoms with Gasteiger partial charge in [0.25, 0.3) is 0 Å². The number of benzene rings is 2. The second kappa shape index (κ2) is 12.6. The van der Waals surface area contributed by atoms with Crippen molar-refractivity contribution in [2.24, 2.45) is 0 Å². The normalized spacial score (nSPS) is 18.8. The quantitative estimate of drug-likeness (QED) is 0.519. The van der Waals surface area contributed by atoms with Gasteiger partial charge in [-0.05, 0) is 60.4 Å². The first-order valence-corrected chi connectivity index (χ1v) is 10.6. The Morgan fingerprint density at radius 3 is 1.79 bits per heavy atom. The Labute approximate surface area is 190 Å². The van der Waals surface area contributed by atoms with Crippen LogP contribution >= 0.6 is 24.8 Å². The Balaban J connectivity index is 0.00000210. The molecule has 0 amide bonds. The Bertz CT molecular complexity index is 728. The molecule has 4 heteroatoms. The van der Waals surface area contributed by atoms with Crippen molar-refractivity contribution >= 4 is 24.8 Å². The lowest BCUT2D eigenvalue weighted by atomic mass is 9.89. The van der Waals surface area contributed by atoms with Gasteiger partial charge in [-0.2, -0.15) is 0 Å². The SMILES string of the molecule is Cc1ccc(CNC2CCCCC2NCc2ccc(C(C)C)cc2)cc1C.Cl.Cl. The lowest BCUT2D eigenvalue weighted by Crippen LogP contribution is -2.49. The van der Waals surface area contributed by atoms with Gasteiger partial charge in [-0.15, -0.1) is 24.8 Å². The highest BCUT2D eigenvalue weighted by molar-refractivity contribution is 5.85. The van der Waals surface area contributed by atoms with Crippen molar-refractivity contribution in [3.05, 3.63) is 70.3 Å². The Kier molecular flexibility index (Phi) is 11.3. The van der Waals surface area contributed by atoms with Crippen molar-refractivity contribution in [2.75, 3.05) is 0 Å². The molecule has 2 nitrogen and oxygen atoms in total. The van der Waals surface area contributed by atoms with Crippen LogP contribution < -0.4 is 10.6 Å². The topological polar surface area (TPSA) is 24.1 Å². The number of rotatable bonds is 7. The zero-order valence-electron chi connectivity index (χ0n) is 18.3. The van der Waals surface area contributed by atoms with Crippen molar-refractivity contribution in [2.45, 2.75) is 84.5 Å². The van der Waals surface area contributed by atoms with Gasteiger partial charge in [-0.25, -0.2) is 0 Å². The maximum atomic E-state index is 3.83. The summed E-state index contributed by atoms with van der Waals surface area (Å²) in [5, 5.41) is 7.66. The first kappa shape index (κ1) is 26.0. The molecule has 162 valence electrons. The van der Waals surface area contributed by atoms with Crippen molar-refractivity contribution in [3.8, 4) is 0 Å². The van der Waals surface area contributed by atoms with Crippen LogP contribution in [0.15, 0.2) is 42.5 Å². The molecule has 0 bridgehead atoms. The summed E-state index contributed by atoms with van der Waals surface area (Å²) < 4.78 is 0. The summed E-state index contributed by atoms with van der Waals surface area (Å²) in [7, 11) is 0. The van der Waals surface area contributed by atoms with Gasteiger partial charge in [0.2, 0.25) is 0 Å². The first-order chi connectivity index (χ1) is 13.0. The fraction of sp³-hybridized carbons (Fsp3) is 0.520. The molecule has 2 N–H and O–H groups in total. The largest absolute Gasteiger partial charge is 0.308 e. The fourth-order valence-corrected chi connectivity index (χ4v) is 4.05. The molecule has 0 aromatic heterocycles. The van der Waals surface area contributed by atoms with E-state index in [0.29, 0.717) is 18.0 Å². The number of hydrogen-bond acceptors (Lipinski definition) is 2. The van der Waals surface area contributed by atoms with E-state index in [0.717, 1.165) is 13.1 Å². The lowest BCUT2D eigenvalue weighted by Gasteiger charge is -2.33.